The van der Waals surface area contributed by atoms with Gasteiger partial charge >= 0.3 is 5.97 Å². The average molecular weight is 232 g/mol. The van der Waals surface area contributed by atoms with E-state index in [1.165, 1.54) is 7.11 Å². The highest BCUT2D eigenvalue weighted by molar-refractivity contribution is 5.76. The predicted octanol–water partition coefficient (Wildman–Crippen LogP) is 2.16. The van der Waals surface area contributed by atoms with Crippen molar-refractivity contribution in [3.63, 3.8) is 0 Å². The van der Waals surface area contributed by atoms with E-state index < -0.39 is 0 Å². The van der Waals surface area contributed by atoms with Crippen LogP contribution in [0.5, 0.6) is 0 Å². The first kappa shape index (κ1) is 11.6. The maximum atomic E-state index is 11.1. The van der Waals surface area contributed by atoms with Gasteiger partial charge in [-0.1, -0.05) is 6.07 Å². The number of carbonyl (C=O) groups excluding carboxylic acids is 1. The molecule has 0 amide bonds. The van der Waals surface area contributed by atoms with Gasteiger partial charge < -0.3 is 9.30 Å². The Balaban J connectivity index is 2.21. The van der Waals surface area contributed by atoms with Crippen molar-refractivity contribution >= 4 is 17.0 Å². The minimum absolute atomic E-state index is 0.172. The number of aryl methyl sites for hydroxylation is 2. The van der Waals surface area contributed by atoms with Crippen LogP contribution >= 0.6 is 0 Å². The minimum atomic E-state index is -0.172. The molecule has 1 aromatic heterocycles. The number of imidazole rings is 1. The van der Waals surface area contributed by atoms with Crippen LogP contribution in [0.1, 0.15) is 18.9 Å². The molecule has 17 heavy (non-hydrogen) atoms. The summed E-state index contributed by atoms with van der Waals surface area (Å²) in [6, 6.07) is 6.10. The van der Waals surface area contributed by atoms with Crippen LogP contribution < -0.4 is 0 Å². The first-order valence-electron chi connectivity index (χ1n) is 5.75. The number of ether oxygens (including phenoxy) is 1. The zero-order valence-corrected chi connectivity index (χ0v) is 10.1. The lowest BCUT2D eigenvalue weighted by Gasteiger charge is -2.03. The fraction of sp³-hybridized carbons (Fsp3) is 0.385. The van der Waals surface area contributed by atoms with Crippen molar-refractivity contribution in [3.8, 4) is 0 Å². The molecular formula is C13H16N2O2. The number of hydrogen-bond acceptors (Lipinski definition) is 3. The van der Waals surface area contributed by atoms with Gasteiger partial charge in [-0.05, 0) is 31.0 Å². The molecule has 0 N–H and O–H groups in total. The Kier molecular flexibility index (Phi) is 3.42. The summed E-state index contributed by atoms with van der Waals surface area (Å²) in [7, 11) is 1.41. The van der Waals surface area contributed by atoms with Crippen LogP contribution in [0.15, 0.2) is 24.5 Å². The quantitative estimate of drug-likeness (QED) is 0.759. The molecule has 0 radical (unpaired) electrons. The molecule has 0 saturated carbocycles. The highest BCUT2D eigenvalue weighted by Gasteiger charge is 2.05. The van der Waals surface area contributed by atoms with E-state index in [0.29, 0.717) is 12.8 Å². The van der Waals surface area contributed by atoms with Crippen LogP contribution in [0.4, 0.5) is 0 Å². The number of carbonyl (C=O) groups is 1. The molecule has 0 unspecified atom stereocenters. The van der Waals surface area contributed by atoms with Gasteiger partial charge in [0.25, 0.3) is 0 Å². The highest BCUT2D eigenvalue weighted by atomic mass is 16.5. The second kappa shape index (κ2) is 4.99. The van der Waals surface area contributed by atoms with E-state index in [4.69, 9.17) is 0 Å². The topological polar surface area (TPSA) is 44.1 Å². The van der Waals surface area contributed by atoms with Crippen LogP contribution in [0.25, 0.3) is 11.0 Å². The monoisotopic (exact) mass is 232 g/mol. The Morgan fingerprint density at radius 1 is 1.47 bits per heavy atom. The molecule has 2 aromatic rings. The molecule has 0 saturated heterocycles. The van der Waals surface area contributed by atoms with Crippen molar-refractivity contribution in [1.29, 1.82) is 0 Å². The summed E-state index contributed by atoms with van der Waals surface area (Å²) in [5.41, 5.74) is 3.25. The van der Waals surface area contributed by atoms with Crippen molar-refractivity contribution < 1.29 is 9.53 Å². The third-order valence-electron chi connectivity index (χ3n) is 2.87. The number of fused-ring (bicyclic) bond motifs is 1. The number of nitrogens with zero attached hydrogens (tertiary/aromatic N) is 2. The summed E-state index contributed by atoms with van der Waals surface area (Å²) in [6.45, 7) is 2.99. The Hall–Kier alpha value is -1.84. The van der Waals surface area contributed by atoms with Crippen molar-refractivity contribution in [2.75, 3.05) is 7.11 Å². The van der Waals surface area contributed by atoms with E-state index in [9.17, 15) is 4.79 Å². The maximum absolute atomic E-state index is 11.1. The molecule has 0 aliphatic carbocycles. The zero-order valence-electron chi connectivity index (χ0n) is 10.1. The van der Waals surface area contributed by atoms with Crippen molar-refractivity contribution in [2.45, 2.75) is 26.3 Å². The largest absolute Gasteiger partial charge is 0.469 e. The number of rotatable bonds is 4. The highest BCUT2D eigenvalue weighted by Crippen LogP contribution is 2.16. The lowest BCUT2D eigenvalue weighted by atomic mass is 10.1. The van der Waals surface area contributed by atoms with Crippen molar-refractivity contribution in [2.24, 2.45) is 0 Å². The molecule has 90 valence electrons. The van der Waals surface area contributed by atoms with E-state index in [2.05, 4.69) is 27.3 Å². The molecule has 0 aliphatic heterocycles. The minimum Gasteiger partial charge on any atom is -0.469 e. The van der Waals surface area contributed by atoms with Gasteiger partial charge in [0, 0.05) is 13.0 Å². The first-order chi connectivity index (χ1) is 8.24. The molecule has 0 bridgehead atoms. The van der Waals surface area contributed by atoms with Gasteiger partial charge in [0.2, 0.25) is 0 Å². The second-order valence-corrected chi connectivity index (χ2v) is 3.93. The first-order valence-corrected chi connectivity index (χ1v) is 5.75. The fourth-order valence-electron chi connectivity index (χ4n) is 1.86. The number of benzene rings is 1. The molecule has 0 fully saturated rings. The maximum Gasteiger partial charge on any atom is 0.305 e. The molecular weight excluding hydrogens is 216 g/mol. The van der Waals surface area contributed by atoms with E-state index in [1.807, 2.05) is 18.5 Å². The Bertz CT molecular complexity index is 531. The summed E-state index contributed by atoms with van der Waals surface area (Å²) in [6.07, 6.45) is 2.97. The number of methoxy groups -OCH3 is 1. The Morgan fingerprint density at radius 2 is 2.29 bits per heavy atom. The summed E-state index contributed by atoms with van der Waals surface area (Å²) in [5.74, 6) is -0.172. The molecule has 0 spiro atoms. The van der Waals surface area contributed by atoms with Crippen molar-refractivity contribution in [3.05, 3.63) is 30.1 Å². The number of hydrogen-bond donors (Lipinski definition) is 0. The van der Waals surface area contributed by atoms with Crippen molar-refractivity contribution in [1.82, 2.24) is 9.55 Å². The lowest BCUT2D eigenvalue weighted by molar-refractivity contribution is -0.140. The van der Waals surface area contributed by atoms with Gasteiger partial charge in [0.15, 0.2) is 0 Å². The van der Waals surface area contributed by atoms with Crippen LogP contribution in [-0.2, 0) is 22.5 Å². The fourth-order valence-corrected chi connectivity index (χ4v) is 1.86. The normalized spacial score (nSPS) is 10.7. The van der Waals surface area contributed by atoms with Gasteiger partial charge in [0.05, 0.1) is 24.5 Å². The third-order valence-corrected chi connectivity index (χ3v) is 2.87. The lowest BCUT2D eigenvalue weighted by Crippen LogP contribution is -2.02. The smallest absolute Gasteiger partial charge is 0.305 e. The standard InChI is InChI=1S/C13H16N2O2/c1-3-15-9-14-11-6-4-10(8-12(11)15)5-7-13(16)17-2/h4,6,8-9H,3,5,7H2,1-2H3. The third kappa shape index (κ3) is 2.46. The molecule has 1 heterocycles. The van der Waals surface area contributed by atoms with Crippen LogP contribution in [0, 0.1) is 0 Å². The predicted molar refractivity (Wildman–Crippen MR) is 65.7 cm³/mol. The molecule has 4 heteroatoms. The van der Waals surface area contributed by atoms with E-state index in [1.54, 1.807) is 0 Å². The Morgan fingerprint density at radius 3 is 3.00 bits per heavy atom. The molecule has 4 nitrogen and oxygen atoms in total. The van der Waals surface area contributed by atoms with Gasteiger partial charge in [0.1, 0.15) is 0 Å². The molecule has 0 atom stereocenters. The van der Waals surface area contributed by atoms with Gasteiger partial charge in [-0.3, -0.25) is 4.79 Å². The molecule has 2 rings (SSSR count). The van der Waals surface area contributed by atoms with Crippen LogP contribution in [0.3, 0.4) is 0 Å². The number of esters is 1. The molecule has 0 aliphatic rings. The van der Waals surface area contributed by atoms with E-state index in [0.717, 1.165) is 23.1 Å². The van der Waals surface area contributed by atoms with E-state index >= 15 is 0 Å². The summed E-state index contributed by atoms with van der Waals surface area (Å²) < 4.78 is 6.73. The summed E-state index contributed by atoms with van der Waals surface area (Å²) in [5, 5.41) is 0. The van der Waals surface area contributed by atoms with E-state index in [-0.39, 0.29) is 5.97 Å². The van der Waals surface area contributed by atoms with Crippen LogP contribution in [0.2, 0.25) is 0 Å². The average Bonchev–Trinajstić information content (AvgIpc) is 2.78. The van der Waals surface area contributed by atoms with Gasteiger partial charge in [-0.15, -0.1) is 0 Å². The van der Waals surface area contributed by atoms with Gasteiger partial charge in [-0.25, -0.2) is 4.98 Å². The van der Waals surface area contributed by atoms with Gasteiger partial charge in [-0.2, -0.15) is 0 Å². The number of aromatic nitrogens is 2. The Labute approximate surface area is 100 Å². The molecule has 1 aromatic carbocycles. The second-order valence-electron chi connectivity index (χ2n) is 3.93. The SMILES string of the molecule is CCn1cnc2ccc(CCC(=O)OC)cc21. The van der Waals surface area contributed by atoms with Crippen LogP contribution in [-0.4, -0.2) is 22.6 Å². The zero-order chi connectivity index (χ0) is 12.3. The summed E-state index contributed by atoms with van der Waals surface area (Å²) in [4.78, 5) is 15.4. The summed E-state index contributed by atoms with van der Waals surface area (Å²) >= 11 is 0.